The van der Waals surface area contributed by atoms with Gasteiger partial charge in [-0.3, -0.25) is 0 Å². The highest BCUT2D eigenvalue weighted by atomic mass is 16.5. The smallest absolute Gasteiger partial charge is 0.130 e. The highest BCUT2D eigenvalue weighted by molar-refractivity contribution is 5.66. The maximum atomic E-state index is 5.63. The molecule has 0 N–H and O–H groups in total. The van der Waals surface area contributed by atoms with E-state index in [4.69, 9.17) is 4.74 Å². The topological polar surface area (TPSA) is 9.23 Å². The standard InChI is InChI=1S/C18H26O/c1-8-11-15-14(10-3)16(18(4,5)6)12-13(9-2)17(15)19-7/h11-12H,1,9-10H2,2-7H3. The first-order valence-electron chi connectivity index (χ1n) is 6.99. The number of aryl methyl sites for hydroxylation is 1. The van der Waals surface area contributed by atoms with Gasteiger partial charge in [-0.05, 0) is 41.0 Å². The molecular weight excluding hydrogens is 232 g/mol. The molecule has 1 aromatic carbocycles. The van der Waals surface area contributed by atoms with Crippen molar-refractivity contribution in [2.75, 3.05) is 7.11 Å². The highest BCUT2D eigenvalue weighted by Gasteiger charge is 2.23. The molecule has 0 radical (unpaired) electrons. The van der Waals surface area contributed by atoms with Crippen LogP contribution in [0, 0.1) is 0 Å². The zero-order chi connectivity index (χ0) is 14.6. The van der Waals surface area contributed by atoms with E-state index in [1.807, 2.05) is 6.08 Å². The third-order valence-corrected chi connectivity index (χ3v) is 3.50. The van der Waals surface area contributed by atoms with Gasteiger partial charge in [0, 0.05) is 5.56 Å². The van der Waals surface area contributed by atoms with E-state index in [-0.39, 0.29) is 5.41 Å². The Balaban J connectivity index is 3.77. The quantitative estimate of drug-likeness (QED) is 0.697. The van der Waals surface area contributed by atoms with Gasteiger partial charge in [0.05, 0.1) is 7.11 Å². The van der Waals surface area contributed by atoms with Gasteiger partial charge in [0.15, 0.2) is 0 Å². The number of benzene rings is 1. The summed E-state index contributed by atoms with van der Waals surface area (Å²) in [6, 6.07) is 2.30. The van der Waals surface area contributed by atoms with Crippen molar-refractivity contribution in [3.05, 3.63) is 40.6 Å². The molecule has 1 rings (SSSR count). The van der Waals surface area contributed by atoms with Crippen LogP contribution in [0.15, 0.2) is 18.4 Å². The van der Waals surface area contributed by atoms with E-state index in [2.05, 4.69) is 53.0 Å². The highest BCUT2D eigenvalue weighted by Crippen LogP contribution is 2.37. The van der Waals surface area contributed by atoms with Crippen molar-refractivity contribution >= 4 is 6.08 Å². The van der Waals surface area contributed by atoms with E-state index >= 15 is 0 Å². The molecular formula is C18H26O. The molecule has 104 valence electrons. The summed E-state index contributed by atoms with van der Waals surface area (Å²) in [5.41, 5.74) is 8.18. The Morgan fingerprint density at radius 1 is 1.26 bits per heavy atom. The Hall–Kier alpha value is -1.46. The Morgan fingerprint density at radius 2 is 1.89 bits per heavy atom. The van der Waals surface area contributed by atoms with Crippen LogP contribution in [-0.4, -0.2) is 7.11 Å². The van der Waals surface area contributed by atoms with Crippen LogP contribution >= 0.6 is 0 Å². The van der Waals surface area contributed by atoms with Crippen molar-refractivity contribution in [1.29, 1.82) is 0 Å². The van der Waals surface area contributed by atoms with Crippen LogP contribution in [0.3, 0.4) is 0 Å². The minimum atomic E-state index is 0.130. The molecule has 0 aliphatic rings. The zero-order valence-electron chi connectivity index (χ0n) is 13.2. The van der Waals surface area contributed by atoms with Crippen LogP contribution in [-0.2, 0) is 18.3 Å². The van der Waals surface area contributed by atoms with Gasteiger partial charge in [-0.2, -0.15) is 0 Å². The van der Waals surface area contributed by atoms with E-state index in [0.717, 1.165) is 24.2 Å². The summed E-state index contributed by atoms with van der Waals surface area (Å²) in [6.45, 7) is 14.8. The first-order chi connectivity index (χ1) is 8.90. The Bertz CT molecular complexity index is 497. The van der Waals surface area contributed by atoms with Crippen molar-refractivity contribution in [3.8, 4) is 5.75 Å². The summed E-state index contributed by atoms with van der Waals surface area (Å²) in [5, 5.41) is 0. The number of methoxy groups -OCH3 is 1. The lowest BCUT2D eigenvalue weighted by Crippen LogP contribution is -2.16. The molecule has 1 nitrogen and oxygen atoms in total. The fourth-order valence-corrected chi connectivity index (χ4v) is 2.59. The summed E-state index contributed by atoms with van der Waals surface area (Å²) in [7, 11) is 1.74. The van der Waals surface area contributed by atoms with Crippen molar-refractivity contribution in [2.24, 2.45) is 0 Å². The van der Waals surface area contributed by atoms with Gasteiger partial charge in [0.1, 0.15) is 5.75 Å². The molecule has 1 heteroatoms. The molecule has 0 amide bonds. The molecule has 0 fully saturated rings. The summed E-state index contributed by atoms with van der Waals surface area (Å²) in [4.78, 5) is 0. The SMILES string of the molecule is C=C=Cc1c(CC)c(C(C)(C)C)cc(CC)c1OC. The number of hydrogen-bond acceptors (Lipinski definition) is 1. The molecule has 0 aromatic heterocycles. The summed E-state index contributed by atoms with van der Waals surface area (Å²) in [5.74, 6) is 0.975. The second-order valence-corrected chi connectivity index (χ2v) is 5.81. The third kappa shape index (κ3) is 3.11. The summed E-state index contributed by atoms with van der Waals surface area (Å²) in [6.07, 6.45) is 3.90. The maximum Gasteiger partial charge on any atom is 0.130 e. The Morgan fingerprint density at radius 3 is 2.26 bits per heavy atom. The van der Waals surface area contributed by atoms with Crippen LogP contribution in [0.1, 0.15) is 56.9 Å². The molecule has 0 unspecified atom stereocenters. The van der Waals surface area contributed by atoms with Crippen molar-refractivity contribution < 1.29 is 4.74 Å². The normalized spacial score (nSPS) is 11.1. The minimum absolute atomic E-state index is 0.130. The van der Waals surface area contributed by atoms with Gasteiger partial charge in [-0.25, -0.2) is 0 Å². The van der Waals surface area contributed by atoms with E-state index < -0.39 is 0 Å². The fraction of sp³-hybridized carbons (Fsp3) is 0.500. The minimum Gasteiger partial charge on any atom is -0.496 e. The lowest BCUT2D eigenvalue weighted by molar-refractivity contribution is 0.407. The van der Waals surface area contributed by atoms with E-state index in [1.54, 1.807) is 7.11 Å². The van der Waals surface area contributed by atoms with Crippen LogP contribution in [0.5, 0.6) is 5.75 Å². The first-order valence-corrected chi connectivity index (χ1v) is 6.99. The first kappa shape index (κ1) is 15.6. The van der Waals surface area contributed by atoms with E-state index in [1.165, 1.54) is 16.7 Å². The molecule has 0 atom stereocenters. The van der Waals surface area contributed by atoms with Crippen molar-refractivity contribution in [2.45, 2.75) is 52.9 Å². The molecule has 0 heterocycles. The van der Waals surface area contributed by atoms with Crippen LogP contribution in [0.2, 0.25) is 0 Å². The molecule has 0 aliphatic carbocycles. The molecule has 1 aromatic rings. The largest absolute Gasteiger partial charge is 0.496 e. The van der Waals surface area contributed by atoms with Crippen molar-refractivity contribution in [1.82, 2.24) is 0 Å². The third-order valence-electron chi connectivity index (χ3n) is 3.50. The number of ether oxygens (including phenoxy) is 1. The average molecular weight is 258 g/mol. The van der Waals surface area contributed by atoms with E-state index in [0.29, 0.717) is 0 Å². The lowest BCUT2D eigenvalue weighted by Gasteiger charge is -2.27. The van der Waals surface area contributed by atoms with Gasteiger partial charge < -0.3 is 4.74 Å². The predicted octanol–water partition coefficient (Wildman–Crippen LogP) is 4.92. The molecule has 0 spiro atoms. The number of rotatable bonds is 4. The molecule has 0 saturated heterocycles. The lowest BCUT2D eigenvalue weighted by atomic mass is 9.79. The Labute approximate surface area is 118 Å². The molecule has 0 aliphatic heterocycles. The van der Waals surface area contributed by atoms with Gasteiger partial charge in [-0.15, -0.1) is 5.73 Å². The van der Waals surface area contributed by atoms with Gasteiger partial charge in [-0.1, -0.05) is 47.3 Å². The molecule has 0 bridgehead atoms. The van der Waals surface area contributed by atoms with Crippen molar-refractivity contribution in [3.63, 3.8) is 0 Å². The van der Waals surface area contributed by atoms with Crippen LogP contribution in [0.4, 0.5) is 0 Å². The average Bonchev–Trinajstić information content (AvgIpc) is 2.36. The molecule has 19 heavy (non-hydrogen) atoms. The summed E-state index contributed by atoms with van der Waals surface area (Å²) < 4.78 is 5.63. The second-order valence-electron chi connectivity index (χ2n) is 5.81. The fourth-order valence-electron chi connectivity index (χ4n) is 2.59. The maximum absolute atomic E-state index is 5.63. The van der Waals surface area contributed by atoms with Crippen LogP contribution < -0.4 is 4.74 Å². The monoisotopic (exact) mass is 258 g/mol. The van der Waals surface area contributed by atoms with Crippen LogP contribution in [0.25, 0.3) is 6.08 Å². The molecule has 0 saturated carbocycles. The number of hydrogen-bond donors (Lipinski definition) is 0. The van der Waals surface area contributed by atoms with Gasteiger partial charge in [0.2, 0.25) is 0 Å². The zero-order valence-corrected chi connectivity index (χ0v) is 13.2. The second kappa shape index (κ2) is 6.12. The van der Waals surface area contributed by atoms with E-state index in [9.17, 15) is 0 Å². The predicted molar refractivity (Wildman–Crippen MR) is 84.1 cm³/mol. The Kier molecular flexibility index (Phi) is 5.03. The summed E-state index contributed by atoms with van der Waals surface area (Å²) >= 11 is 0. The van der Waals surface area contributed by atoms with Gasteiger partial charge >= 0.3 is 0 Å². The van der Waals surface area contributed by atoms with Gasteiger partial charge in [0.25, 0.3) is 0 Å².